The molecule has 0 unspecified atom stereocenters. The lowest BCUT2D eigenvalue weighted by Crippen LogP contribution is -2.26. The van der Waals surface area contributed by atoms with Crippen LogP contribution in [-0.2, 0) is 23.0 Å². The standard InChI is InChI=1S/C9H10BNO3/c1-11-5-7(10)6(3-8(11)12)4-9(13)14-2/h3,5H,4H2,1-2H3. The van der Waals surface area contributed by atoms with Crippen molar-refractivity contribution in [3.63, 3.8) is 0 Å². The maximum absolute atomic E-state index is 11.2. The predicted octanol–water partition coefficient (Wildman–Crippen LogP) is -1.11. The molecule has 0 amide bonds. The number of hydrogen-bond acceptors (Lipinski definition) is 3. The van der Waals surface area contributed by atoms with Crippen LogP contribution in [0.2, 0.25) is 0 Å². The zero-order valence-electron chi connectivity index (χ0n) is 8.11. The fourth-order valence-electron chi connectivity index (χ4n) is 1.07. The van der Waals surface area contributed by atoms with Crippen molar-refractivity contribution in [2.75, 3.05) is 7.11 Å². The summed E-state index contributed by atoms with van der Waals surface area (Å²) in [5.41, 5.74) is 0.718. The van der Waals surface area contributed by atoms with Gasteiger partial charge in [-0.3, -0.25) is 9.59 Å². The number of pyridine rings is 1. The van der Waals surface area contributed by atoms with Crippen LogP contribution in [0.3, 0.4) is 0 Å². The Hall–Kier alpha value is -1.52. The van der Waals surface area contributed by atoms with Gasteiger partial charge in [0.15, 0.2) is 0 Å². The Morgan fingerprint density at radius 3 is 2.86 bits per heavy atom. The fraction of sp³-hybridized carbons (Fsp3) is 0.333. The number of hydrogen-bond donors (Lipinski definition) is 0. The van der Waals surface area contributed by atoms with Gasteiger partial charge >= 0.3 is 5.97 Å². The molecule has 0 fully saturated rings. The molecule has 1 rings (SSSR count). The number of ether oxygens (including phenoxy) is 1. The van der Waals surface area contributed by atoms with Gasteiger partial charge in [-0.2, -0.15) is 0 Å². The molecule has 0 saturated carbocycles. The van der Waals surface area contributed by atoms with Gasteiger partial charge in [0.05, 0.1) is 13.5 Å². The normalized spacial score (nSPS) is 9.86. The van der Waals surface area contributed by atoms with Gasteiger partial charge < -0.3 is 9.30 Å². The zero-order chi connectivity index (χ0) is 10.7. The quantitative estimate of drug-likeness (QED) is 0.440. The van der Waals surface area contributed by atoms with Gasteiger partial charge in [-0.15, -0.1) is 0 Å². The van der Waals surface area contributed by atoms with Crippen LogP contribution in [0.15, 0.2) is 17.1 Å². The van der Waals surface area contributed by atoms with Crippen molar-refractivity contribution in [1.29, 1.82) is 0 Å². The van der Waals surface area contributed by atoms with Gasteiger partial charge in [0.1, 0.15) is 7.85 Å². The number of aromatic nitrogens is 1. The highest BCUT2D eigenvalue weighted by Crippen LogP contribution is 1.93. The Balaban J connectivity index is 3.04. The minimum atomic E-state index is -0.412. The average Bonchev–Trinajstić information content (AvgIpc) is 2.14. The van der Waals surface area contributed by atoms with Gasteiger partial charge in [-0.1, -0.05) is 5.46 Å². The van der Waals surface area contributed by atoms with Crippen molar-refractivity contribution in [2.24, 2.45) is 7.05 Å². The smallest absolute Gasteiger partial charge is 0.309 e. The van der Waals surface area contributed by atoms with Crippen LogP contribution in [0.4, 0.5) is 0 Å². The topological polar surface area (TPSA) is 48.3 Å². The van der Waals surface area contributed by atoms with Crippen molar-refractivity contribution >= 4 is 19.3 Å². The Bertz CT molecular complexity index is 411. The molecule has 1 aromatic rings. The van der Waals surface area contributed by atoms with Gasteiger partial charge in [0.2, 0.25) is 5.56 Å². The Labute approximate surface area is 82.9 Å². The summed E-state index contributed by atoms with van der Waals surface area (Å²) in [5, 5.41) is 0. The number of carbonyl (C=O) groups excluding carboxylic acids is 1. The molecule has 1 aromatic heterocycles. The lowest BCUT2D eigenvalue weighted by molar-refractivity contribution is -0.139. The zero-order valence-corrected chi connectivity index (χ0v) is 8.11. The van der Waals surface area contributed by atoms with Crippen LogP contribution in [0.5, 0.6) is 0 Å². The molecule has 0 N–H and O–H groups in total. The molecule has 5 heteroatoms. The Morgan fingerprint density at radius 1 is 1.64 bits per heavy atom. The first-order chi connectivity index (χ1) is 6.54. The number of aryl methyl sites for hydroxylation is 1. The van der Waals surface area contributed by atoms with E-state index in [9.17, 15) is 9.59 Å². The van der Waals surface area contributed by atoms with Crippen molar-refractivity contribution in [3.8, 4) is 0 Å². The summed E-state index contributed by atoms with van der Waals surface area (Å²) in [5.74, 6) is -0.412. The highest BCUT2D eigenvalue weighted by atomic mass is 16.5. The van der Waals surface area contributed by atoms with Gasteiger partial charge in [0, 0.05) is 13.1 Å². The van der Waals surface area contributed by atoms with Crippen molar-refractivity contribution in [2.45, 2.75) is 6.42 Å². The number of nitrogens with zero attached hydrogens (tertiary/aromatic N) is 1. The monoisotopic (exact) mass is 191 g/mol. The van der Waals surface area contributed by atoms with Crippen molar-refractivity contribution in [3.05, 3.63) is 28.2 Å². The molecular weight excluding hydrogens is 181 g/mol. The molecule has 0 spiro atoms. The van der Waals surface area contributed by atoms with Gasteiger partial charge in [-0.05, 0) is 11.8 Å². The van der Waals surface area contributed by atoms with Crippen LogP contribution in [-0.4, -0.2) is 25.5 Å². The number of esters is 1. The van der Waals surface area contributed by atoms with E-state index in [1.165, 1.54) is 23.9 Å². The summed E-state index contributed by atoms with van der Waals surface area (Å²) in [6, 6.07) is 1.34. The van der Waals surface area contributed by atoms with Crippen LogP contribution >= 0.6 is 0 Å². The molecule has 1 heterocycles. The fourth-order valence-corrected chi connectivity index (χ4v) is 1.07. The number of rotatable bonds is 2. The molecular formula is C9H10BNO3. The second-order valence-electron chi connectivity index (χ2n) is 2.96. The molecule has 0 aliphatic carbocycles. The lowest BCUT2D eigenvalue weighted by Gasteiger charge is -2.06. The van der Waals surface area contributed by atoms with E-state index in [0.29, 0.717) is 11.0 Å². The first-order valence-electron chi connectivity index (χ1n) is 4.06. The summed E-state index contributed by atoms with van der Waals surface area (Å²) in [6.45, 7) is 0. The maximum atomic E-state index is 11.2. The van der Waals surface area contributed by atoms with Crippen LogP contribution in [0, 0.1) is 0 Å². The highest BCUT2D eigenvalue weighted by Gasteiger charge is 2.06. The molecule has 14 heavy (non-hydrogen) atoms. The van der Waals surface area contributed by atoms with E-state index < -0.39 is 5.97 Å². The third-order valence-corrected chi connectivity index (χ3v) is 1.91. The van der Waals surface area contributed by atoms with Gasteiger partial charge in [-0.25, -0.2) is 0 Å². The molecule has 0 atom stereocenters. The first-order valence-corrected chi connectivity index (χ1v) is 4.06. The average molecular weight is 191 g/mol. The van der Waals surface area contributed by atoms with E-state index in [1.54, 1.807) is 7.05 Å². The van der Waals surface area contributed by atoms with Crippen molar-refractivity contribution < 1.29 is 9.53 Å². The van der Waals surface area contributed by atoms with E-state index >= 15 is 0 Å². The van der Waals surface area contributed by atoms with E-state index in [2.05, 4.69) is 4.74 Å². The minimum Gasteiger partial charge on any atom is -0.469 e. The molecule has 72 valence electrons. The SMILES string of the molecule is [B]c1cn(C)c(=O)cc1CC(=O)OC. The van der Waals surface area contributed by atoms with E-state index in [0.717, 1.165) is 0 Å². The van der Waals surface area contributed by atoms with Crippen LogP contribution in [0.1, 0.15) is 5.56 Å². The molecule has 4 nitrogen and oxygen atoms in total. The first kappa shape index (κ1) is 10.6. The Morgan fingerprint density at radius 2 is 2.29 bits per heavy atom. The van der Waals surface area contributed by atoms with Crippen LogP contribution < -0.4 is 11.0 Å². The molecule has 2 radical (unpaired) electrons. The molecule has 0 aliphatic rings. The summed E-state index contributed by atoms with van der Waals surface area (Å²) < 4.78 is 5.83. The summed E-state index contributed by atoms with van der Waals surface area (Å²) in [6.07, 6.45) is 1.51. The van der Waals surface area contributed by atoms with Gasteiger partial charge in [0.25, 0.3) is 0 Å². The molecule has 0 saturated heterocycles. The largest absolute Gasteiger partial charge is 0.469 e. The summed E-state index contributed by atoms with van der Waals surface area (Å²) >= 11 is 0. The summed E-state index contributed by atoms with van der Waals surface area (Å²) in [4.78, 5) is 22.2. The van der Waals surface area contributed by atoms with Crippen LogP contribution in [0.25, 0.3) is 0 Å². The molecule has 0 bridgehead atoms. The molecule has 0 aliphatic heterocycles. The van der Waals surface area contributed by atoms with E-state index in [1.807, 2.05) is 0 Å². The Kier molecular flexibility index (Phi) is 3.12. The third kappa shape index (κ3) is 2.25. The second kappa shape index (κ2) is 4.13. The van der Waals surface area contributed by atoms with E-state index in [4.69, 9.17) is 7.85 Å². The highest BCUT2D eigenvalue weighted by molar-refractivity contribution is 6.33. The third-order valence-electron chi connectivity index (χ3n) is 1.91. The second-order valence-corrected chi connectivity index (χ2v) is 2.96. The van der Waals surface area contributed by atoms with Crippen molar-refractivity contribution in [1.82, 2.24) is 4.57 Å². The number of carbonyl (C=O) groups is 1. The maximum Gasteiger partial charge on any atom is 0.309 e. The number of methoxy groups -OCH3 is 1. The van der Waals surface area contributed by atoms with E-state index in [-0.39, 0.29) is 12.0 Å². The molecule has 0 aromatic carbocycles. The lowest BCUT2D eigenvalue weighted by atomic mass is 9.91. The minimum absolute atomic E-state index is 0.0262. The summed E-state index contributed by atoms with van der Waals surface area (Å²) in [7, 11) is 8.51. The predicted molar refractivity (Wildman–Crippen MR) is 52.8 cm³/mol.